The first-order valence-electron chi connectivity index (χ1n) is 9.19. The number of hydrogen-bond donors (Lipinski definition) is 2. The van der Waals surface area contributed by atoms with Gasteiger partial charge in [-0.25, -0.2) is 9.18 Å². The van der Waals surface area contributed by atoms with Crippen molar-refractivity contribution in [1.82, 2.24) is 15.5 Å². The molecule has 2 aromatic rings. The van der Waals surface area contributed by atoms with Crippen LogP contribution in [0.2, 0.25) is 0 Å². The third-order valence-electron chi connectivity index (χ3n) is 4.89. The van der Waals surface area contributed by atoms with Gasteiger partial charge in [-0.3, -0.25) is 4.90 Å². The SMILES string of the molecule is CC(NC(=O)NC1CCN(Cc2ccccc2)CC1)c1ccc(F)cc1. The fourth-order valence-corrected chi connectivity index (χ4v) is 3.34. The number of nitrogens with zero attached hydrogens (tertiary/aromatic N) is 1. The lowest BCUT2D eigenvalue weighted by atomic mass is 10.0. The van der Waals surface area contributed by atoms with E-state index in [-0.39, 0.29) is 23.9 Å². The van der Waals surface area contributed by atoms with Gasteiger partial charge in [0.2, 0.25) is 0 Å². The van der Waals surface area contributed by atoms with Gasteiger partial charge in [0.1, 0.15) is 5.82 Å². The lowest BCUT2D eigenvalue weighted by Crippen LogP contribution is -2.48. The number of rotatable bonds is 5. The zero-order chi connectivity index (χ0) is 18.4. The molecule has 3 rings (SSSR count). The Balaban J connectivity index is 1.41. The molecule has 138 valence electrons. The summed E-state index contributed by atoms with van der Waals surface area (Å²) in [6.45, 7) is 4.82. The average molecular weight is 355 g/mol. The quantitative estimate of drug-likeness (QED) is 0.856. The van der Waals surface area contributed by atoms with Crippen LogP contribution in [0.4, 0.5) is 9.18 Å². The molecule has 1 fully saturated rings. The van der Waals surface area contributed by atoms with Gasteiger partial charge >= 0.3 is 6.03 Å². The van der Waals surface area contributed by atoms with Crippen molar-refractivity contribution in [3.05, 3.63) is 71.5 Å². The number of urea groups is 1. The van der Waals surface area contributed by atoms with Crippen molar-refractivity contribution in [2.75, 3.05) is 13.1 Å². The smallest absolute Gasteiger partial charge is 0.315 e. The Hall–Kier alpha value is -2.40. The monoisotopic (exact) mass is 355 g/mol. The number of benzene rings is 2. The van der Waals surface area contributed by atoms with Crippen molar-refractivity contribution < 1.29 is 9.18 Å². The van der Waals surface area contributed by atoms with Crippen molar-refractivity contribution in [1.29, 1.82) is 0 Å². The molecule has 2 amide bonds. The summed E-state index contributed by atoms with van der Waals surface area (Å²) in [4.78, 5) is 14.6. The maximum absolute atomic E-state index is 13.0. The van der Waals surface area contributed by atoms with E-state index in [0.29, 0.717) is 0 Å². The molecule has 1 aliphatic heterocycles. The van der Waals surface area contributed by atoms with E-state index in [0.717, 1.165) is 38.0 Å². The van der Waals surface area contributed by atoms with Crippen molar-refractivity contribution >= 4 is 6.03 Å². The van der Waals surface area contributed by atoms with E-state index in [4.69, 9.17) is 0 Å². The molecule has 0 saturated carbocycles. The second kappa shape index (κ2) is 8.81. The maximum atomic E-state index is 13.0. The van der Waals surface area contributed by atoms with Crippen molar-refractivity contribution in [3.63, 3.8) is 0 Å². The van der Waals surface area contributed by atoms with Crippen molar-refractivity contribution in [2.24, 2.45) is 0 Å². The predicted octanol–water partition coefficient (Wildman–Crippen LogP) is 3.85. The van der Waals surface area contributed by atoms with Crippen LogP contribution in [0.25, 0.3) is 0 Å². The molecule has 2 aromatic carbocycles. The fourth-order valence-electron chi connectivity index (χ4n) is 3.34. The van der Waals surface area contributed by atoms with Gasteiger partial charge in [0.05, 0.1) is 6.04 Å². The van der Waals surface area contributed by atoms with Crippen LogP contribution in [0, 0.1) is 5.82 Å². The number of carbonyl (C=O) groups excluding carboxylic acids is 1. The summed E-state index contributed by atoms with van der Waals surface area (Å²) in [5.41, 5.74) is 2.21. The number of carbonyl (C=O) groups is 1. The van der Waals surface area contributed by atoms with Crippen LogP contribution < -0.4 is 10.6 Å². The molecule has 5 heteroatoms. The van der Waals surface area contributed by atoms with Crippen LogP contribution in [0.3, 0.4) is 0 Å². The van der Waals surface area contributed by atoms with Gasteiger partial charge in [0, 0.05) is 25.7 Å². The Morgan fingerprint density at radius 2 is 1.77 bits per heavy atom. The highest BCUT2D eigenvalue weighted by molar-refractivity contribution is 5.74. The third-order valence-corrected chi connectivity index (χ3v) is 4.89. The van der Waals surface area contributed by atoms with E-state index in [9.17, 15) is 9.18 Å². The summed E-state index contributed by atoms with van der Waals surface area (Å²) in [6, 6.07) is 16.5. The number of nitrogens with one attached hydrogen (secondary N) is 2. The summed E-state index contributed by atoms with van der Waals surface area (Å²) < 4.78 is 13.0. The predicted molar refractivity (Wildman–Crippen MR) is 101 cm³/mol. The van der Waals surface area contributed by atoms with Crippen molar-refractivity contribution in [2.45, 2.75) is 38.4 Å². The van der Waals surface area contributed by atoms with E-state index in [1.54, 1.807) is 12.1 Å². The molecule has 4 nitrogen and oxygen atoms in total. The van der Waals surface area contributed by atoms with Crippen LogP contribution in [0.1, 0.15) is 36.9 Å². The molecular weight excluding hydrogens is 329 g/mol. The Morgan fingerprint density at radius 3 is 2.42 bits per heavy atom. The van der Waals surface area contributed by atoms with Crippen LogP contribution in [0.5, 0.6) is 0 Å². The van der Waals surface area contributed by atoms with E-state index < -0.39 is 0 Å². The number of likely N-dealkylation sites (tertiary alicyclic amines) is 1. The third kappa shape index (κ3) is 5.30. The maximum Gasteiger partial charge on any atom is 0.315 e. The number of amides is 2. The molecule has 1 aliphatic rings. The second-order valence-electron chi connectivity index (χ2n) is 6.93. The topological polar surface area (TPSA) is 44.4 Å². The Kier molecular flexibility index (Phi) is 6.23. The first-order chi connectivity index (χ1) is 12.6. The molecule has 0 aromatic heterocycles. The molecule has 0 spiro atoms. The molecule has 1 saturated heterocycles. The first-order valence-corrected chi connectivity index (χ1v) is 9.19. The normalized spacial score (nSPS) is 16.8. The minimum absolute atomic E-state index is 0.159. The van der Waals surface area contributed by atoms with Crippen LogP contribution in [0.15, 0.2) is 54.6 Å². The minimum atomic E-state index is -0.271. The molecular formula is C21H26FN3O. The number of hydrogen-bond acceptors (Lipinski definition) is 2. The minimum Gasteiger partial charge on any atom is -0.335 e. The van der Waals surface area contributed by atoms with E-state index in [2.05, 4.69) is 39.8 Å². The Bertz CT molecular complexity index is 697. The Labute approximate surface area is 154 Å². The van der Waals surface area contributed by atoms with Crippen LogP contribution in [-0.2, 0) is 6.54 Å². The summed E-state index contributed by atoms with van der Waals surface area (Å²) in [7, 11) is 0. The molecule has 1 unspecified atom stereocenters. The van der Waals surface area contributed by atoms with Gasteiger partial charge in [-0.15, -0.1) is 0 Å². The van der Waals surface area contributed by atoms with Gasteiger partial charge < -0.3 is 10.6 Å². The van der Waals surface area contributed by atoms with Gasteiger partial charge in [0.25, 0.3) is 0 Å². The van der Waals surface area contributed by atoms with E-state index in [1.807, 2.05) is 13.0 Å². The summed E-state index contributed by atoms with van der Waals surface area (Å²) in [6.07, 6.45) is 1.90. The molecule has 0 aliphatic carbocycles. The second-order valence-corrected chi connectivity index (χ2v) is 6.93. The zero-order valence-electron chi connectivity index (χ0n) is 15.1. The van der Waals surface area contributed by atoms with Crippen LogP contribution >= 0.6 is 0 Å². The highest BCUT2D eigenvalue weighted by Gasteiger charge is 2.21. The largest absolute Gasteiger partial charge is 0.335 e. The highest BCUT2D eigenvalue weighted by atomic mass is 19.1. The molecule has 1 atom stereocenters. The standard InChI is InChI=1S/C21H26FN3O/c1-16(18-7-9-19(22)10-8-18)23-21(26)24-20-11-13-25(14-12-20)15-17-5-3-2-4-6-17/h2-10,16,20H,11-15H2,1H3,(H2,23,24,26). The van der Waals surface area contributed by atoms with E-state index >= 15 is 0 Å². The highest BCUT2D eigenvalue weighted by Crippen LogP contribution is 2.15. The fraction of sp³-hybridized carbons (Fsp3) is 0.381. The molecule has 26 heavy (non-hydrogen) atoms. The average Bonchev–Trinajstić information content (AvgIpc) is 2.64. The van der Waals surface area contributed by atoms with Gasteiger partial charge in [-0.1, -0.05) is 42.5 Å². The van der Waals surface area contributed by atoms with E-state index in [1.165, 1.54) is 17.7 Å². The summed E-state index contributed by atoms with van der Waals surface area (Å²) >= 11 is 0. The lowest BCUT2D eigenvalue weighted by molar-refractivity contribution is 0.186. The molecule has 0 radical (unpaired) electrons. The van der Waals surface area contributed by atoms with Gasteiger partial charge in [-0.05, 0) is 43.0 Å². The molecule has 0 bridgehead atoms. The van der Waals surface area contributed by atoms with Crippen LogP contribution in [-0.4, -0.2) is 30.1 Å². The van der Waals surface area contributed by atoms with Gasteiger partial charge in [0.15, 0.2) is 0 Å². The number of halogens is 1. The number of piperidine rings is 1. The Morgan fingerprint density at radius 1 is 1.12 bits per heavy atom. The summed E-state index contributed by atoms with van der Waals surface area (Å²) in [5, 5.41) is 5.99. The van der Waals surface area contributed by atoms with Gasteiger partial charge in [-0.2, -0.15) is 0 Å². The first kappa shape index (κ1) is 18.4. The molecule has 2 N–H and O–H groups in total. The molecule has 1 heterocycles. The van der Waals surface area contributed by atoms with Crippen molar-refractivity contribution in [3.8, 4) is 0 Å². The summed E-state index contributed by atoms with van der Waals surface area (Å²) in [5.74, 6) is -0.271. The zero-order valence-corrected chi connectivity index (χ0v) is 15.1. The lowest BCUT2D eigenvalue weighted by Gasteiger charge is -2.32.